The molecule has 1 aromatic carbocycles. The number of rotatable bonds is 3. The third-order valence-electron chi connectivity index (χ3n) is 4.89. The van der Waals surface area contributed by atoms with Crippen molar-refractivity contribution in [2.24, 2.45) is 0 Å². The Morgan fingerprint density at radius 2 is 1.59 bits per heavy atom. The summed E-state index contributed by atoms with van der Waals surface area (Å²) in [7, 11) is 0. The topological polar surface area (TPSA) is 73.9 Å². The van der Waals surface area contributed by atoms with Crippen molar-refractivity contribution in [2.75, 3.05) is 36.0 Å². The Labute approximate surface area is 158 Å². The maximum Gasteiger partial charge on any atom is 0.175 e. The minimum atomic E-state index is 0.721. The number of benzene rings is 1. The van der Waals surface area contributed by atoms with Gasteiger partial charge in [-0.2, -0.15) is 10.4 Å². The van der Waals surface area contributed by atoms with E-state index in [2.05, 4.69) is 37.2 Å². The Bertz CT molecular complexity index is 976. The molecule has 3 heterocycles. The Hall–Kier alpha value is -3.40. The molecule has 0 bridgehead atoms. The molecule has 2 aromatic heterocycles. The summed E-state index contributed by atoms with van der Waals surface area (Å²) in [5, 5.41) is 22.1. The van der Waals surface area contributed by atoms with E-state index >= 15 is 0 Å². The number of hydrogen-bond donors (Lipinski definition) is 0. The molecule has 0 unspecified atom stereocenters. The highest BCUT2D eigenvalue weighted by Gasteiger charge is 2.19. The molecule has 1 fully saturated rings. The van der Waals surface area contributed by atoms with E-state index in [9.17, 15) is 0 Å². The average Bonchev–Trinajstić information content (AvgIpc) is 3.14. The van der Waals surface area contributed by atoms with Crippen LogP contribution in [0.1, 0.15) is 16.8 Å². The van der Waals surface area contributed by atoms with E-state index in [0.29, 0.717) is 0 Å². The van der Waals surface area contributed by atoms with Gasteiger partial charge in [-0.05, 0) is 55.8 Å². The molecule has 1 aliphatic heterocycles. The first-order valence-electron chi connectivity index (χ1n) is 9.01. The molecule has 0 spiro atoms. The average molecular weight is 359 g/mol. The Balaban J connectivity index is 1.42. The van der Waals surface area contributed by atoms with Crippen LogP contribution < -0.4 is 9.80 Å². The van der Waals surface area contributed by atoms with E-state index in [-0.39, 0.29) is 0 Å². The molecule has 0 radical (unpaired) electrons. The van der Waals surface area contributed by atoms with Gasteiger partial charge in [-0.1, -0.05) is 0 Å². The molecule has 0 N–H and O–H groups in total. The zero-order valence-corrected chi connectivity index (χ0v) is 15.5. The zero-order chi connectivity index (χ0) is 18.8. The third kappa shape index (κ3) is 3.47. The van der Waals surface area contributed by atoms with Crippen molar-refractivity contribution >= 4 is 11.5 Å². The number of aryl methyl sites for hydroxylation is 2. The van der Waals surface area contributed by atoms with Gasteiger partial charge in [-0.15, -0.1) is 10.2 Å². The van der Waals surface area contributed by atoms with Gasteiger partial charge in [0.05, 0.1) is 17.3 Å². The minimum absolute atomic E-state index is 0.721. The first-order valence-corrected chi connectivity index (χ1v) is 9.01. The largest absolute Gasteiger partial charge is 0.368 e. The second kappa shape index (κ2) is 7.08. The molecule has 4 rings (SSSR count). The standard InChI is InChI=1S/C20H21N7/c1-15-13-18(4-3-17(15)14-21)25-9-11-26(12-10-25)19-5-6-20(23-22-19)27-8-7-16(2)24-27/h3-8,13H,9-12H2,1-2H3. The van der Waals surface area contributed by atoms with Crippen LogP contribution in [-0.4, -0.2) is 46.2 Å². The Kier molecular flexibility index (Phi) is 4.47. The molecule has 0 atom stereocenters. The van der Waals surface area contributed by atoms with Crippen molar-refractivity contribution < 1.29 is 0 Å². The van der Waals surface area contributed by atoms with Gasteiger partial charge >= 0.3 is 0 Å². The van der Waals surface area contributed by atoms with Crippen LogP contribution in [0.25, 0.3) is 5.82 Å². The highest BCUT2D eigenvalue weighted by atomic mass is 15.4. The summed E-state index contributed by atoms with van der Waals surface area (Å²) >= 11 is 0. The number of piperazine rings is 1. The first kappa shape index (κ1) is 17.0. The van der Waals surface area contributed by atoms with Crippen molar-refractivity contribution in [1.29, 1.82) is 5.26 Å². The molecular formula is C20H21N7. The molecule has 1 saturated heterocycles. The first-order chi connectivity index (χ1) is 13.1. The van der Waals surface area contributed by atoms with Crippen molar-refractivity contribution in [1.82, 2.24) is 20.0 Å². The molecule has 0 amide bonds. The molecular weight excluding hydrogens is 338 g/mol. The van der Waals surface area contributed by atoms with E-state index in [1.54, 1.807) is 4.68 Å². The van der Waals surface area contributed by atoms with E-state index < -0.39 is 0 Å². The summed E-state index contributed by atoms with van der Waals surface area (Å²) in [5.74, 6) is 1.61. The highest BCUT2D eigenvalue weighted by Crippen LogP contribution is 2.22. The monoisotopic (exact) mass is 359 g/mol. The quantitative estimate of drug-likeness (QED) is 0.715. The predicted molar refractivity (Wildman–Crippen MR) is 104 cm³/mol. The lowest BCUT2D eigenvalue weighted by molar-refractivity contribution is 0.642. The van der Waals surface area contributed by atoms with Gasteiger partial charge in [0.2, 0.25) is 0 Å². The van der Waals surface area contributed by atoms with Gasteiger partial charge in [0, 0.05) is 38.1 Å². The van der Waals surface area contributed by atoms with Gasteiger partial charge in [-0.3, -0.25) is 0 Å². The molecule has 7 heteroatoms. The number of nitriles is 1. The van der Waals surface area contributed by atoms with E-state index in [1.165, 1.54) is 5.69 Å². The summed E-state index contributed by atoms with van der Waals surface area (Å²) in [5.41, 5.74) is 3.88. The van der Waals surface area contributed by atoms with Crippen LogP contribution in [-0.2, 0) is 0 Å². The van der Waals surface area contributed by atoms with Crippen molar-refractivity contribution in [3.8, 4) is 11.9 Å². The maximum absolute atomic E-state index is 9.09. The van der Waals surface area contributed by atoms with Crippen molar-refractivity contribution in [3.05, 3.63) is 59.4 Å². The zero-order valence-electron chi connectivity index (χ0n) is 15.5. The summed E-state index contributed by atoms with van der Waals surface area (Å²) in [4.78, 5) is 4.59. The van der Waals surface area contributed by atoms with Crippen LogP contribution in [0.15, 0.2) is 42.6 Å². The van der Waals surface area contributed by atoms with Crippen molar-refractivity contribution in [2.45, 2.75) is 13.8 Å². The van der Waals surface area contributed by atoms with Crippen molar-refractivity contribution in [3.63, 3.8) is 0 Å². The number of hydrogen-bond acceptors (Lipinski definition) is 6. The van der Waals surface area contributed by atoms with Gasteiger partial charge in [0.25, 0.3) is 0 Å². The summed E-state index contributed by atoms with van der Waals surface area (Å²) in [6.45, 7) is 7.52. The lowest BCUT2D eigenvalue weighted by atomic mass is 10.1. The fourth-order valence-electron chi connectivity index (χ4n) is 3.32. The number of anilines is 2. The van der Waals surface area contributed by atoms with E-state index in [0.717, 1.165) is 54.6 Å². The second-order valence-corrected chi connectivity index (χ2v) is 6.74. The van der Waals surface area contributed by atoms with Crippen LogP contribution >= 0.6 is 0 Å². The number of aromatic nitrogens is 4. The summed E-state index contributed by atoms with van der Waals surface area (Å²) in [6, 6.07) is 14.1. The fraction of sp³-hybridized carbons (Fsp3) is 0.300. The Morgan fingerprint density at radius 1 is 0.889 bits per heavy atom. The fourth-order valence-corrected chi connectivity index (χ4v) is 3.32. The molecule has 7 nitrogen and oxygen atoms in total. The van der Waals surface area contributed by atoms with Crippen LogP contribution in [0.2, 0.25) is 0 Å². The SMILES string of the molecule is Cc1ccn(-c2ccc(N3CCN(c4ccc(C#N)c(C)c4)CC3)nn2)n1. The predicted octanol–water partition coefficient (Wildman–Crippen LogP) is 2.48. The van der Waals surface area contributed by atoms with E-state index in [4.69, 9.17) is 5.26 Å². The van der Waals surface area contributed by atoms with Gasteiger partial charge < -0.3 is 9.80 Å². The molecule has 136 valence electrons. The lowest BCUT2D eigenvalue weighted by Gasteiger charge is -2.36. The molecule has 0 saturated carbocycles. The van der Waals surface area contributed by atoms with Gasteiger partial charge in [0.15, 0.2) is 11.6 Å². The van der Waals surface area contributed by atoms with E-state index in [1.807, 2.05) is 50.4 Å². The van der Waals surface area contributed by atoms with Crippen LogP contribution in [0.4, 0.5) is 11.5 Å². The maximum atomic E-state index is 9.09. The lowest BCUT2D eigenvalue weighted by Crippen LogP contribution is -2.47. The van der Waals surface area contributed by atoms with Crippen LogP contribution in [0.3, 0.4) is 0 Å². The molecule has 3 aromatic rings. The molecule has 0 aliphatic carbocycles. The highest BCUT2D eigenvalue weighted by molar-refractivity contribution is 5.55. The normalized spacial score (nSPS) is 14.3. The second-order valence-electron chi connectivity index (χ2n) is 6.74. The molecule has 27 heavy (non-hydrogen) atoms. The minimum Gasteiger partial charge on any atom is -0.368 e. The third-order valence-corrected chi connectivity index (χ3v) is 4.89. The van der Waals surface area contributed by atoms with Gasteiger partial charge in [-0.25, -0.2) is 4.68 Å². The smallest absolute Gasteiger partial charge is 0.175 e. The van der Waals surface area contributed by atoms with Gasteiger partial charge in [0.1, 0.15) is 0 Å². The summed E-state index contributed by atoms with van der Waals surface area (Å²) in [6.07, 6.45) is 1.89. The number of nitrogens with zero attached hydrogens (tertiary/aromatic N) is 7. The Morgan fingerprint density at radius 3 is 2.19 bits per heavy atom. The summed E-state index contributed by atoms with van der Waals surface area (Å²) < 4.78 is 1.73. The molecule has 1 aliphatic rings. The van der Waals surface area contributed by atoms with Crippen LogP contribution in [0, 0.1) is 25.2 Å². The van der Waals surface area contributed by atoms with Crippen LogP contribution in [0.5, 0.6) is 0 Å².